The molecule has 3 rings (SSSR count). The Morgan fingerprint density at radius 1 is 1.23 bits per heavy atom. The Labute approximate surface area is 146 Å². The maximum absolute atomic E-state index is 13.2. The summed E-state index contributed by atoms with van der Waals surface area (Å²) in [6, 6.07) is 5.36. The molecule has 1 aromatic carbocycles. The predicted molar refractivity (Wildman–Crippen MR) is 85.2 cm³/mol. The molecular weight excluding hydrogens is 351 g/mol. The third kappa shape index (κ3) is 3.56. The van der Waals surface area contributed by atoms with Crippen LogP contribution in [0.1, 0.15) is 45.7 Å². The van der Waals surface area contributed by atoms with E-state index in [2.05, 4.69) is 10.4 Å². The molecule has 1 fully saturated rings. The van der Waals surface area contributed by atoms with E-state index in [0.717, 1.165) is 12.8 Å². The number of aromatic carboxylic acids is 1. The van der Waals surface area contributed by atoms with Gasteiger partial charge in [0.15, 0.2) is 5.69 Å². The topological polar surface area (TPSA) is 84.2 Å². The fraction of sp³-hybridized carbons (Fsp3) is 0.353. The molecule has 2 N–H and O–H groups in total. The number of aromatic nitrogens is 2. The predicted octanol–water partition coefficient (Wildman–Crippen LogP) is 3.12. The van der Waals surface area contributed by atoms with Crippen molar-refractivity contribution >= 4 is 11.9 Å². The van der Waals surface area contributed by atoms with Crippen molar-refractivity contribution in [2.24, 2.45) is 5.92 Å². The van der Waals surface area contributed by atoms with E-state index in [0.29, 0.717) is 28.9 Å². The standard InChI is InChI=1S/C17H16F3N3O3/c18-17(19,20)14-13(16(25)26)9-22-23(14)12-6-4-11(5-7-12)15(24)21-8-10-2-1-3-10/h4-7,9-10H,1-3,8H2,(H,21,24)(H,25,26). The molecule has 1 amide bonds. The van der Waals surface area contributed by atoms with Crippen LogP contribution in [0, 0.1) is 5.92 Å². The monoisotopic (exact) mass is 367 g/mol. The number of carboxylic acid groups (broad SMARTS) is 1. The number of hydrogen-bond acceptors (Lipinski definition) is 3. The van der Waals surface area contributed by atoms with Gasteiger partial charge >= 0.3 is 12.1 Å². The van der Waals surface area contributed by atoms with Crippen LogP contribution in [-0.2, 0) is 6.18 Å². The van der Waals surface area contributed by atoms with Gasteiger partial charge in [0.05, 0.1) is 11.9 Å². The lowest BCUT2D eigenvalue weighted by Gasteiger charge is -2.25. The molecule has 1 aromatic heterocycles. The average Bonchev–Trinajstić information content (AvgIpc) is 2.99. The summed E-state index contributed by atoms with van der Waals surface area (Å²) in [7, 11) is 0. The molecule has 0 atom stereocenters. The van der Waals surface area contributed by atoms with Crippen molar-refractivity contribution in [3.8, 4) is 5.69 Å². The Kier molecular flexibility index (Phi) is 4.71. The van der Waals surface area contributed by atoms with E-state index < -0.39 is 23.4 Å². The molecule has 0 bridgehead atoms. The number of nitrogens with zero attached hydrogens (tertiary/aromatic N) is 2. The zero-order valence-corrected chi connectivity index (χ0v) is 13.6. The molecule has 0 saturated heterocycles. The molecule has 0 radical (unpaired) electrons. The van der Waals surface area contributed by atoms with Crippen LogP contribution in [0.3, 0.4) is 0 Å². The van der Waals surface area contributed by atoms with Crippen LogP contribution < -0.4 is 5.32 Å². The molecule has 9 heteroatoms. The maximum Gasteiger partial charge on any atom is 0.434 e. The van der Waals surface area contributed by atoms with E-state index in [1.54, 1.807) is 0 Å². The SMILES string of the molecule is O=C(NCC1CCC1)c1ccc(-n2ncc(C(=O)O)c2C(F)(F)F)cc1. The fourth-order valence-electron chi connectivity index (χ4n) is 2.76. The zero-order chi connectivity index (χ0) is 18.9. The Bertz CT molecular complexity index is 824. The molecule has 1 aliphatic carbocycles. The third-order valence-corrected chi connectivity index (χ3v) is 4.42. The molecular formula is C17H16F3N3O3. The van der Waals surface area contributed by atoms with Gasteiger partial charge in [-0.05, 0) is 43.0 Å². The number of carbonyl (C=O) groups excluding carboxylic acids is 1. The number of halogens is 3. The van der Waals surface area contributed by atoms with Crippen LogP contribution in [-0.4, -0.2) is 33.3 Å². The highest BCUT2D eigenvalue weighted by Gasteiger charge is 2.40. The lowest BCUT2D eigenvalue weighted by atomic mass is 9.85. The van der Waals surface area contributed by atoms with E-state index >= 15 is 0 Å². The second kappa shape index (κ2) is 6.81. The third-order valence-electron chi connectivity index (χ3n) is 4.42. The van der Waals surface area contributed by atoms with Gasteiger partial charge in [-0.1, -0.05) is 6.42 Å². The zero-order valence-electron chi connectivity index (χ0n) is 13.6. The van der Waals surface area contributed by atoms with Crippen LogP contribution in [0.15, 0.2) is 30.5 Å². The number of carboxylic acids is 1. The Hall–Kier alpha value is -2.84. The summed E-state index contributed by atoms with van der Waals surface area (Å²) in [5.41, 5.74) is -1.97. The summed E-state index contributed by atoms with van der Waals surface area (Å²) in [5, 5.41) is 15.3. The highest BCUT2D eigenvalue weighted by molar-refractivity contribution is 5.94. The number of rotatable bonds is 5. The van der Waals surface area contributed by atoms with Crippen LogP contribution in [0.25, 0.3) is 5.69 Å². The normalized spacial score (nSPS) is 14.7. The van der Waals surface area contributed by atoms with Crippen molar-refractivity contribution in [2.75, 3.05) is 6.54 Å². The molecule has 0 spiro atoms. The molecule has 1 aliphatic rings. The van der Waals surface area contributed by atoms with E-state index in [1.165, 1.54) is 30.7 Å². The van der Waals surface area contributed by atoms with Gasteiger partial charge in [0, 0.05) is 12.1 Å². The summed E-state index contributed by atoms with van der Waals surface area (Å²) in [5.74, 6) is -1.52. The number of amides is 1. The minimum absolute atomic E-state index is 0.0142. The maximum atomic E-state index is 13.2. The second-order valence-corrected chi connectivity index (χ2v) is 6.18. The minimum Gasteiger partial charge on any atom is -0.478 e. The first kappa shape index (κ1) is 18.0. The molecule has 6 nitrogen and oxygen atoms in total. The fourth-order valence-corrected chi connectivity index (χ4v) is 2.76. The number of hydrogen-bond donors (Lipinski definition) is 2. The van der Waals surface area contributed by atoms with Crippen molar-refractivity contribution in [3.05, 3.63) is 47.3 Å². The van der Waals surface area contributed by atoms with E-state index in [4.69, 9.17) is 5.11 Å². The van der Waals surface area contributed by atoms with Gasteiger partial charge in [-0.25, -0.2) is 9.48 Å². The number of carbonyl (C=O) groups is 2. The first-order valence-electron chi connectivity index (χ1n) is 8.04. The van der Waals surface area contributed by atoms with E-state index in [9.17, 15) is 22.8 Å². The Morgan fingerprint density at radius 2 is 1.88 bits per heavy atom. The molecule has 1 heterocycles. The van der Waals surface area contributed by atoms with Gasteiger partial charge in [-0.3, -0.25) is 4.79 Å². The Morgan fingerprint density at radius 3 is 2.38 bits per heavy atom. The molecule has 0 unspecified atom stereocenters. The summed E-state index contributed by atoms with van der Waals surface area (Å²) < 4.78 is 40.2. The van der Waals surface area contributed by atoms with Crippen molar-refractivity contribution in [1.82, 2.24) is 15.1 Å². The van der Waals surface area contributed by atoms with Crippen molar-refractivity contribution in [3.63, 3.8) is 0 Å². The van der Waals surface area contributed by atoms with E-state index in [1.807, 2.05) is 0 Å². The molecule has 26 heavy (non-hydrogen) atoms. The second-order valence-electron chi connectivity index (χ2n) is 6.18. The van der Waals surface area contributed by atoms with Crippen LogP contribution in [0.4, 0.5) is 13.2 Å². The van der Waals surface area contributed by atoms with Crippen molar-refractivity contribution in [1.29, 1.82) is 0 Å². The summed E-state index contributed by atoms with van der Waals surface area (Å²) in [4.78, 5) is 23.1. The summed E-state index contributed by atoms with van der Waals surface area (Å²) in [6.07, 6.45) is -0.887. The largest absolute Gasteiger partial charge is 0.478 e. The summed E-state index contributed by atoms with van der Waals surface area (Å²) in [6.45, 7) is 0.583. The number of alkyl halides is 3. The van der Waals surface area contributed by atoms with Crippen molar-refractivity contribution < 1.29 is 27.9 Å². The molecule has 2 aromatic rings. The minimum atomic E-state index is -4.89. The molecule has 1 saturated carbocycles. The van der Waals surface area contributed by atoms with Crippen LogP contribution in [0.2, 0.25) is 0 Å². The van der Waals surface area contributed by atoms with Gasteiger partial charge in [0.1, 0.15) is 5.56 Å². The van der Waals surface area contributed by atoms with Crippen molar-refractivity contribution in [2.45, 2.75) is 25.4 Å². The highest BCUT2D eigenvalue weighted by Crippen LogP contribution is 2.33. The first-order chi connectivity index (χ1) is 12.3. The lowest BCUT2D eigenvalue weighted by molar-refractivity contribution is -0.143. The first-order valence-corrected chi connectivity index (χ1v) is 8.04. The number of benzene rings is 1. The Balaban J connectivity index is 1.82. The average molecular weight is 367 g/mol. The smallest absolute Gasteiger partial charge is 0.434 e. The number of nitrogens with one attached hydrogen (secondary N) is 1. The van der Waals surface area contributed by atoms with Crippen LogP contribution in [0.5, 0.6) is 0 Å². The molecule has 138 valence electrons. The van der Waals surface area contributed by atoms with Gasteiger partial charge in [0.2, 0.25) is 0 Å². The van der Waals surface area contributed by atoms with Gasteiger partial charge in [-0.2, -0.15) is 18.3 Å². The quantitative estimate of drug-likeness (QED) is 0.850. The van der Waals surface area contributed by atoms with Gasteiger partial charge in [0.25, 0.3) is 5.91 Å². The van der Waals surface area contributed by atoms with E-state index in [-0.39, 0.29) is 11.6 Å². The summed E-state index contributed by atoms with van der Waals surface area (Å²) >= 11 is 0. The highest BCUT2D eigenvalue weighted by atomic mass is 19.4. The van der Waals surface area contributed by atoms with Gasteiger partial charge < -0.3 is 10.4 Å². The van der Waals surface area contributed by atoms with Gasteiger partial charge in [-0.15, -0.1) is 0 Å². The molecule has 0 aliphatic heterocycles. The lowest BCUT2D eigenvalue weighted by Crippen LogP contribution is -2.32. The van der Waals surface area contributed by atoms with Crippen LogP contribution >= 0.6 is 0 Å².